The maximum Gasteiger partial charge on any atom is 0.260 e. The third-order valence-corrected chi connectivity index (χ3v) is 5.84. The van der Waals surface area contributed by atoms with Crippen molar-refractivity contribution in [1.29, 1.82) is 0 Å². The second-order valence-corrected chi connectivity index (χ2v) is 7.78. The van der Waals surface area contributed by atoms with Crippen LogP contribution >= 0.6 is 11.3 Å². The molecule has 3 heterocycles. The lowest BCUT2D eigenvalue weighted by molar-refractivity contribution is 0.244. The molecule has 4 aromatic rings. The van der Waals surface area contributed by atoms with Gasteiger partial charge in [-0.2, -0.15) is 0 Å². The van der Waals surface area contributed by atoms with Crippen LogP contribution in [0.4, 0.5) is 0 Å². The van der Waals surface area contributed by atoms with E-state index in [1.54, 1.807) is 6.26 Å². The number of thiophene rings is 1. The van der Waals surface area contributed by atoms with Crippen LogP contribution in [0.25, 0.3) is 21.5 Å². The molecule has 0 aliphatic carbocycles. The van der Waals surface area contributed by atoms with E-state index in [0.29, 0.717) is 23.6 Å². The molecule has 0 fully saturated rings. The number of hydrogen-bond acceptors (Lipinski definition) is 6. The summed E-state index contributed by atoms with van der Waals surface area (Å²) >= 11 is 1.46. The Morgan fingerprint density at radius 2 is 2.07 bits per heavy atom. The molecule has 0 unspecified atom stereocenters. The number of nitrogens with one attached hydrogen (secondary N) is 1. The number of nitrogens with zero attached hydrogens (tertiary/aromatic N) is 2. The minimum Gasteiger partial charge on any atom is -0.494 e. The van der Waals surface area contributed by atoms with E-state index in [1.165, 1.54) is 16.9 Å². The van der Waals surface area contributed by atoms with Gasteiger partial charge in [-0.1, -0.05) is 12.1 Å². The average Bonchev–Trinajstić information content (AvgIpc) is 3.38. The first-order chi connectivity index (χ1) is 14.1. The maximum atomic E-state index is 12.8. The number of benzene rings is 1. The fraction of sp³-hybridized carbons (Fsp3) is 0.273. The fourth-order valence-electron chi connectivity index (χ4n) is 3.27. The number of H-pyrrole nitrogens is 1. The van der Waals surface area contributed by atoms with Crippen molar-refractivity contribution in [1.82, 2.24) is 14.9 Å². The number of ether oxygens (including phenoxy) is 1. The highest BCUT2D eigenvalue weighted by Gasteiger charge is 2.19. The molecular weight excluding hydrogens is 386 g/mol. The lowest BCUT2D eigenvalue weighted by atomic mass is 10.1. The fourth-order valence-corrected chi connectivity index (χ4v) is 4.20. The second-order valence-electron chi connectivity index (χ2n) is 6.93. The van der Waals surface area contributed by atoms with Gasteiger partial charge in [0.1, 0.15) is 22.2 Å². The van der Waals surface area contributed by atoms with Gasteiger partial charge in [-0.05, 0) is 50.7 Å². The van der Waals surface area contributed by atoms with E-state index < -0.39 is 0 Å². The van der Waals surface area contributed by atoms with Gasteiger partial charge in [-0.25, -0.2) is 4.98 Å². The van der Waals surface area contributed by atoms with Crippen LogP contribution in [0.15, 0.2) is 57.3 Å². The SMILES string of the molecule is CCOc1ccc(CN(C)[C@H](C)c2nc3scc(-c4ccco4)c3c(=O)[nH]2)cc1. The topological polar surface area (TPSA) is 71.4 Å². The molecule has 0 aliphatic rings. The Morgan fingerprint density at radius 3 is 2.76 bits per heavy atom. The number of aromatic nitrogens is 2. The summed E-state index contributed by atoms with van der Waals surface area (Å²) in [5, 5.41) is 2.50. The maximum absolute atomic E-state index is 12.8. The van der Waals surface area contributed by atoms with Crippen LogP contribution in [-0.2, 0) is 6.54 Å². The Bertz CT molecular complexity index is 1150. The number of aromatic amines is 1. The molecule has 3 aromatic heterocycles. The van der Waals surface area contributed by atoms with E-state index in [1.807, 2.05) is 50.5 Å². The molecule has 4 rings (SSSR count). The van der Waals surface area contributed by atoms with Crippen molar-refractivity contribution in [2.24, 2.45) is 0 Å². The first-order valence-electron chi connectivity index (χ1n) is 9.54. The molecule has 0 bridgehead atoms. The number of fused-ring (bicyclic) bond motifs is 1. The number of hydrogen-bond donors (Lipinski definition) is 1. The third-order valence-electron chi connectivity index (χ3n) is 4.97. The van der Waals surface area contributed by atoms with Crippen molar-refractivity contribution in [3.8, 4) is 17.1 Å². The van der Waals surface area contributed by atoms with Gasteiger partial charge < -0.3 is 14.1 Å². The summed E-state index contributed by atoms with van der Waals surface area (Å²) in [7, 11) is 2.02. The van der Waals surface area contributed by atoms with E-state index in [0.717, 1.165) is 22.7 Å². The van der Waals surface area contributed by atoms with Crippen molar-refractivity contribution in [3.05, 3.63) is 69.8 Å². The van der Waals surface area contributed by atoms with Gasteiger partial charge in [0.15, 0.2) is 0 Å². The molecule has 150 valence electrons. The average molecular weight is 410 g/mol. The van der Waals surface area contributed by atoms with E-state index in [4.69, 9.17) is 14.1 Å². The van der Waals surface area contributed by atoms with Crippen LogP contribution in [0.3, 0.4) is 0 Å². The van der Waals surface area contributed by atoms with Gasteiger partial charge in [0.25, 0.3) is 5.56 Å². The molecule has 6 nitrogen and oxygen atoms in total. The van der Waals surface area contributed by atoms with E-state index in [2.05, 4.69) is 22.0 Å². The summed E-state index contributed by atoms with van der Waals surface area (Å²) in [5.41, 5.74) is 1.81. The van der Waals surface area contributed by atoms with E-state index in [-0.39, 0.29) is 11.6 Å². The van der Waals surface area contributed by atoms with Gasteiger partial charge in [0, 0.05) is 17.5 Å². The van der Waals surface area contributed by atoms with E-state index >= 15 is 0 Å². The lowest BCUT2D eigenvalue weighted by Gasteiger charge is -2.24. The molecular formula is C22H23N3O3S. The smallest absolute Gasteiger partial charge is 0.260 e. The molecule has 1 N–H and O–H groups in total. The van der Waals surface area contributed by atoms with Crippen molar-refractivity contribution in [2.75, 3.05) is 13.7 Å². The van der Waals surface area contributed by atoms with Gasteiger partial charge in [0.2, 0.25) is 0 Å². The zero-order valence-electron chi connectivity index (χ0n) is 16.6. The molecule has 0 radical (unpaired) electrons. The Morgan fingerprint density at radius 1 is 1.28 bits per heavy atom. The monoisotopic (exact) mass is 409 g/mol. The van der Waals surface area contributed by atoms with Crippen LogP contribution in [0.1, 0.15) is 31.3 Å². The van der Waals surface area contributed by atoms with E-state index in [9.17, 15) is 4.79 Å². The Hall–Kier alpha value is -2.90. The summed E-state index contributed by atoms with van der Waals surface area (Å²) in [6.45, 7) is 5.40. The Labute approximate surface area is 172 Å². The van der Waals surface area contributed by atoms with Crippen LogP contribution in [0.5, 0.6) is 5.75 Å². The van der Waals surface area contributed by atoms with Crippen LogP contribution in [0, 0.1) is 0 Å². The Balaban J connectivity index is 1.56. The highest BCUT2D eigenvalue weighted by molar-refractivity contribution is 7.17. The highest BCUT2D eigenvalue weighted by atomic mass is 32.1. The van der Waals surface area contributed by atoms with Gasteiger partial charge in [-0.15, -0.1) is 11.3 Å². The van der Waals surface area contributed by atoms with Crippen molar-refractivity contribution < 1.29 is 9.15 Å². The summed E-state index contributed by atoms with van der Waals surface area (Å²) in [6.07, 6.45) is 1.60. The first kappa shape index (κ1) is 19.4. The molecule has 0 amide bonds. The van der Waals surface area contributed by atoms with Crippen molar-refractivity contribution >= 4 is 21.6 Å². The lowest BCUT2D eigenvalue weighted by Crippen LogP contribution is -2.25. The third kappa shape index (κ3) is 3.97. The number of furan rings is 1. The van der Waals surface area contributed by atoms with Crippen LogP contribution < -0.4 is 10.3 Å². The summed E-state index contributed by atoms with van der Waals surface area (Å²) in [6, 6.07) is 11.7. The van der Waals surface area contributed by atoms with Gasteiger partial charge in [-0.3, -0.25) is 9.69 Å². The quantitative estimate of drug-likeness (QED) is 0.473. The van der Waals surface area contributed by atoms with Crippen LogP contribution in [-0.4, -0.2) is 28.5 Å². The summed E-state index contributed by atoms with van der Waals surface area (Å²) in [5.74, 6) is 2.20. The molecule has 1 atom stereocenters. The van der Waals surface area contributed by atoms with Crippen molar-refractivity contribution in [2.45, 2.75) is 26.4 Å². The molecule has 0 aliphatic heterocycles. The predicted octanol–water partition coefficient (Wildman–Crippen LogP) is 4.84. The Kier molecular flexibility index (Phi) is 5.51. The predicted molar refractivity (Wildman–Crippen MR) is 115 cm³/mol. The van der Waals surface area contributed by atoms with Gasteiger partial charge in [0.05, 0.1) is 24.3 Å². The molecule has 29 heavy (non-hydrogen) atoms. The second kappa shape index (κ2) is 8.23. The summed E-state index contributed by atoms with van der Waals surface area (Å²) < 4.78 is 11.0. The normalized spacial score (nSPS) is 12.6. The minimum absolute atomic E-state index is 0.0483. The molecule has 0 saturated heterocycles. The highest BCUT2D eigenvalue weighted by Crippen LogP contribution is 2.31. The minimum atomic E-state index is -0.140. The number of rotatable bonds is 7. The van der Waals surface area contributed by atoms with Crippen LogP contribution in [0.2, 0.25) is 0 Å². The molecule has 0 saturated carbocycles. The standard InChI is InChI=1S/C22H23N3O3S/c1-4-27-16-9-7-15(8-10-16)12-25(3)14(2)20-23-21(26)19-17(13-29-22(19)24-20)18-6-5-11-28-18/h5-11,13-14H,4,12H2,1-3H3,(H,23,24,26)/t14-/m1/s1. The summed E-state index contributed by atoms with van der Waals surface area (Å²) in [4.78, 5) is 23.4. The van der Waals surface area contributed by atoms with Crippen molar-refractivity contribution in [3.63, 3.8) is 0 Å². The molecule has 7 heteroatoms. The van der Waals surface area contributed by atoms with Gasteiger partial charge >= 0.3 is 0 Å². The largest absolute Gasteiger partial charge is 0.494 e. The zero-order chi connectivity index (χ0) is 20.4. The molecule has 1 aromatic carbocycles. The zero-order valence-corrected chi connectivity index (χ0v) is 17.5. The first-order valence-corrected chi connectivity index (χ1v) is 10.4. The molecule has 0 spiro atoms.